The zero-order chi connectivity index (χ0) is 18.4. The normalized spacial score (nSPS) is 24.4. The van der Waals surface area contributed by atoms with Crippen LogP contribution in [0, 0.1) is 11.8 Å². The Hall–Kier alpha value is -1.92. The second kappa shape index (κ2) is 9.14. The molecular formula is C20H28N2O4. The van der Waals surface area contributed by atoms with E-state index in [9.17, 15) is 14.7 Å². The molecule has 2 heterocycles. The molecule has 0 unspecified atom stereocenters. The molecule has 1 N–H and O–H groups in total. The maximum atomic E-state index is 12.8. The first-order valence-corrected chi connectivity index (χ1v) is 9.49. The third-order valence-corrected chi connectivity index (χ3v) is 5.56. The molecule has 2 fully saturated rings. The molecule has 142 valence electrons. The van der Waals surface area contributed by atoms with Gasteiger partial charge < -0.3 is 14.7 Å². The van der Waals surface area contributed by atoms with Crippen LogP contribution >= 0.6 is 0 Å². The van der Waals surface area contributed by atoms with Gasteiger partial charge in [-0.15, -0.1) is 0 Å². The highest BCUT2D eigenvalue weighted by Gasteiger charge is 2.33. The second-order valence-corrected chi connectivity index (χ2v) is 7.27. The molecule has 1 amide bonds. The molecule has 0 saturated carbocycles. The van der Waals surface area contributed by atoms with E-state index in [1.54, 1.807) is 0 Å². The third-order valence-electron chi connectivity index (χ3n) is 5.56. The number of carboxylic acids is 1. The van der Waals surface area contributed by atoms with Gasteiger partial charge in [0.15, 0.2) is 0 Å². The molecule has 0 aromatic heterocycles. The summed E-state index contributed by atoms with van der Waals surface area (Å²) in [5.41, 5.74) is 0.705. The van der Waals surface area contributed by atoms with E-state index in [0.29, 0.717) is 18.7 Å². The number of piperidine rings is 1. The van der Waals surface area contributed by atoms with Crippen molar-refractivity contribution in [2.45, 2.75) is 19.3 Å². The van der Waals surface area contributed by atoms with Gasteiger partial charge >= 0.3 is 5.97 Å². The lowest BCUT2D eigenvalue weighted by atomic mass is 9.81. The van der Waals surface area contributed by atoms with Crippen molar-refractivity contribution < 1.29 is 19.4 Å². The molecular weight excluding hydrogens is 332 g/mol. The van der Waals surface area contributed by atoms with E-state index >= 15 is 0 Å². The van der Waals surface area contributed by atoms with Crippen LogP contribution in [0.15, 0.2) is 30.3 Å². The van der Waals surface area contributed by atoms with Crippen LogP contribution in [0.5, 0.6) is 0 Å². The number of amides is 1. The molecule has 2 atom stereocenters. The molecule has 2 aliphatic heterocycles. The van der Waals surface area contributed by atoms with Crippen molar-refractivity contribution >= 4 is 11.9 Å². The number of hydrogen-bond donors (Lipinski definition) is 1. The molecule has 2 aliphatic rings. The molecule has 6 heteroatoms. The average Bonchev–Trinajstić information content (AvgIpc) is 2.68. The summed E-state index contributed by atoms with van der Waals surface area (Å²) in [6.45, 7) is 5.63. The highest BCUT2D eigenvalue weighted by molar-refractivity contribution is 5.94. The fourth-order valence-electron chi connectivity index (χ4n) is 4.02. The molecule has 6 nitrogen and oxygen atoms in total. The Kier molecular flexibility index (Phi) is 6.63. The van der Waals surface area contributed by atoms with Crippen molar-refractivity contribution in [3.05, 3.63) is 35.9 Å². The Bertz CT molecular complexity index is 601. The van der Waals surface area contributed by atoms with E-state index in [1.165, 1.54) is 0 Å². The topological polar surface area (TPSA) is 70.1 Å². The number of likely N-dealkylation sites (tertiary alicyclic amines) is 1. The molecule has 3 rings (SSSR count). The Labute approximate surface area is 154 Å². The van der Waals surface area contributed by atoms with Crippen LogP contribution < -0.4 is 0 Å². The summed E-state index contributed by atoms with van der Waals surface area (Å²) in [6.07, 6.45) is 1.89. The Morgan fingerprint density at radius 3 is 2.50 bits per heavy atom. The lowest BCUT2D eigenvalue weighted by Gasteiger charge is -2.39. The largest absolute Gasteiger partial charge is 0.481 e. The Balaban J connectivity index is 1.62. The average molecular weight is 360 g/mol. The van der Waals surface area contributed by atoms with E-state index in [-0.39, 0.29) is 24.2 Å². The van der Waals surface area contributed by atoms with Crippen LogP contribution in [0.3, 0.4) is 0 Å². The van der Waals surface area contributed by atoms with Crippen molar-refractivity contribution in [2.24, 2.45) is 11.8 Å². The molecule has 0 aliphatic carbocycles. The van der Waals surface area contributed by atoms with Crippen molar-refractivity contribution in [1.29, 1.82) is 0 Å². The fraction of sp³-hybridized carbons (Fsp3) is 0.600. The van der Waals surface area contributed by atoms with E-state index < -0.39 is 5.97 Å². The lowest BCUT2D eigenvalue weighted by Crippen LogP contribution is -2.46. The van der Waals surface area contributed by atoms with Crippen LogP contribution in [0.25, 0.3) is 0 Å². The summed E-state index contributed by atoms with van der Waals surface area (Å²) in [5.74, 6) is -0.311. The van der Waals surface area contributed by atoms with Crippen LogP contribution in [0.4, 0.5) is 0 Å². The van der Waals surface area contributed by atoms with E-state index in [2.05, 4.69) is 4.90 Å². The number of rotatable bonds is 6. The smallest absolute Gasteiger partial charge is 0.303 e. The van der Waals surface area contributed by atoms with Gasteiger partial charge in [-0.1, -0.05) is 18.2 Å². The van der Waals surface area contributed by atoms with Gasteiger partial charge in [-0.05, 0) is 43.4 Å². The van der Waals surface area contributed by atoms with Crippen molar-refractivity contribution in [1.82, 2.24) is 9.80 Å². The Morgan fingerprint density at radius 2 is 1.81 bits per heavy atom. The first-order chi connectivity index (χ1) is 12.6. The summed E-state index contributed by atoms with van der Waals surface area (Å²) in [5, 5.41) is 9.25. The van der Waals surface area contributed by atoms with Gasteiger partial charge in [-0.2, -0.15) is 0 Å². The number of morpholine rings is 1. The second-order valence-electron chi connectivity index (χ2n) is 7.27. The van der Waals surface area contributed by atoms with Gasteiger partial charge in [-0.25, -0.2) is 0 Å². The number of hydrogen-bond acceptors (Lipinski definition) is 4. The van der Waals surface area contributed by atoms with Crippen molar-refractivity contribution in [2.75, 3.05) is 45.9 Å². The van der Waals surface area contributed by atoms with Gasteiger partial charge in [0, 0.05) is 38.2 Å². The molecule has 0 radical (unpaired) electrons. The summed E-state index contributed by atoms with van der Waals surface area (Å²) in [4.78, 5) is 28.3. The predicted molar refractivity (Wildman–Crippen MR) is 98.1 cm³/mol. The molecule has 2 saturated heterocycles. The first kappa shape index (κ1) is 18.9. The van der Waals surface area contributed by atoms with Gasteiger partial charge in [-0.3, -0.25) is 14.5 Å². The summed E-state index contributed by atoms with van der Waals surface area (Å²) in [6, 6.07) is 9.34. The highest BCUT2D eigenvalue weighted by atomic mass is 16.5. The van der Waals surface area contributed by atoms with E-state index in [0.717, 1.165) is 45.7 Å². The predicted octanol–water partition coefficient (Wildman–Crippen LogP) is 1.96. The summed E-state index contributed by atoms with van der Waals surface area (Å²) < 4.78 is 5.39. The minimum absolute atomic E-state index is 0.0516. The summed E-state index contributed by atoms with van der Waals surface area (Å²) >= 11 is 0. The molecule has 0 bridgehead atoms. The molecule has 1 aromatic rings. The number of carboxylic acid groups (broad SMARTS) is 1. The van der Waals surface area contributed by atoms with Gasteiger partial charge in [0.2, 0.25) is 0 Å². The first-order valence-electron chi connectivity index (χ1n) is 9.49. The van der Waals surface area contributed by atoms with Gasteiger partial charge in [0.25, 0.3) is 5.91 Å². The third kappa shape index (κ3) is 5.05. The highest BCUT2D eigenvalue weighted by Crippen LogP contribution is 2.30. The van der Waals surface area contributed by atoms with Gasteiger partial charge in [0.1, 0.15) is 0 Å². The summed E-state index contributed by atoms with van der Waals surface area (Å²) in [7, 11) is 0. The molecule has 0 spiro atoms. The van der Waals surface area contributed by atoms with Crippen LogP contribution in [-0.2, 0) is 9.53 Å². The van der Waals surface area contributed by atoms with E-state index in [1.807, 2.05) is 35.2 Å². The monoisotopic (exact) mass is 360 g/mol. The minimum Gasteiger partial charge on any atom is -0.481 e. The number of aliphatic carboxylic acids is 1. The number of ether oxygens (including phenoxy) is 1. The number of benzene rings is 1. The fourth-order valence-corrected chi connectivity index (χ4v) is 4.02. The maximum Gasteiger partial charge on any atom is 0.303 e. The lowest BCUT2D eigenvalue weighted by molar-refractivity contribution is -0.139. The minimum atomic E-state index is -0.741. The van der Waals surface area contributed by atoms with Crippen LogP contribution in [-0.4, -0.2) is 72.7 Å². The van der Waals surface area contributed by atoms with Crippen LogP contribution in [0.2, 0.25) is 0 Å². The SMILES string of the molecule is O=C(O)C[C@@H]1CCN(C(=O)c2ccccc2)C[C@@H]1CCN1CCOCC1. The molecule has 26 heavy (non-hydrogen) atoms. The van der Waals surface area contributed by atoms with Crippen LogP contribution in [0.1, 0.15) is 29.6 Å². The zero-order valence-corrected chi connectivity index (χ0v) is 15.2. The number of carbonyl (C=O) groups excluding carboxylic acids is 1. The van der Waals surface area contributed by atoms with Crippen molar-refractivity contribution in [3.63, 3.8) is 0 Å². The Morgan fingerprint density at radius 1 is 1.08 bits per heavy atom. The van der Waals surface area contributed by atoms with E-state index in [4.69, 9.17) is 4.74 Å². The van der Waals surface area contributed by atoms with Crippen molar-refractivity contribution in [3.8, 4) is 0 Å². The standard InChI is InChI=1S/C20H28N2O4/c23-19(24)14-17-7-9-22(20(25)16-4-2-1-3-5-16)15-18(17)6-8-21-10-12-26-13-11-21/h1-5,17-18H,6-15H2,(H,23,24)/t17-,18-/m0/s1. The quantitative estimate of drug-likeness (QED) is 0.840. The number of carbonyl (C=O) groups is 2. The molecule has 1 aromatic carbocycles. The number of nitrogens with zero attached hydrogens (tertiary/aromatic N) is 2. The maximum absolute atomic E-state index is 12.8. The zero-order valence-electron chi connectivity index (χ0n) is 15.2. The van der Waals surface area contributed by atoms with Gasteiger partial charge in [0.05, 0.1) is 13.2 Å².